The summed E-state index contributed by atoms with van der Waals surface area (Å²) in [7, 11) is 0. The first-order valence-corrected chi connectivity index (χ1v) is 5.96. The van der Waals surface area contributed by atoms with Crippen molar-refractivity contribution in [2.24, 2.45) is 0 Å². The van der Waals surface area contributed by atoms with Crippen molar-refractivity contribution < 1.29 is 8.91 Å². The molecule has 0 spiro atoms. The van der Waals surface area contributed by atoms with Gasteiger partial charge in [0.2, 0.25) is 0 Å². The van der Waals surface area contributed by atoms with Gasteiger partial charge in [-0.2, -0.15) is 5.10 Å². The third kappa shape index (κ3) is 2.35. The Kier molecular flexibility index (Phi) is 3.12. The number of hydrogen-bond donors (Lipinski definition) is 0. The Bertz CT molecular complexity index is 781. The Labute approximate surface area is 113 Å². The van der Waals surface area contributed by atoms with Crippen LogP contribution in [0.3, 0.4) is 0 Å². The summed E-state index contributed by atoms with van der Waals surface area (Å²) in [6.45, 7) is 0.178. The molecule has 0 unspecified atom stereocenters. The molecule has 0 N–H and O–H groups in total. The third-order valence-corrected chi connectivity index (χ3v) is 2.82. The Hall–Kier alpha value is -2.76. The van der Waals surface area contributed by atoms with E-state index in [9.17, 15) is 9.18 Å². The van der Waals surface area contributed by atoms with Crippen molar-refractivity contribution in [1.29, 1.82) is 0 Å². The Balaban J connectivity index is 2.03. The molecule has 6 heteroatoms. The molecule has 100 valence electrons. The minimum atomic E-state index is -0.383. The first-order chi connectivity index (χ1) is 9.74. The van der Waals surface area contributed by atoms with Crippen LogP contribution in [-0.2, 0) is 6.54 Å². The summed E-state index contributed by atoms with van der Waals surface area (Å²) >= 11 is 0. The van der Waals surface area contributed by atoms with E-state index in [2.05, 4.69) is 10.3 Å². The van der Waals surface area contributed by atoms with Crippen LogP contribution in [0, 0.1) is 5.82 Å². The Morgan fingerprint density at radius 1 is 1.15 bits per heavy atom. The zero-order chi connectivity index (χ0) is 13.9. The normalized spacial score (nSPS) is 10.7. The molecule has 0 fully saturated rings. The average molecular weight is 271 g/mol. The molecule has 0 aliphatic rings. The van der Waals surface area contributed by atoms with E-state index < -0.39 is 0 Å². The highest BCUT2D eigenvalue weighted by molar-refractivity contribution is 5.58. The SMILES string of the molecule is O=c1ccc(-c2ccccc2F)nn1Cc1ccon1. The quantitative estimate of drug-likeness (QED) is 0.731. The highest BCUT2D eigenvalue weighted by Gasteiger charge is 2.08. The standard InChI is InChI=1S/C14H10FN3O2/c15-12-4-2-1-3-11(12)13-5-6-14(19)18(16-13)9-10-7-8-20-17-10/h1-8H,9H2. The van der Waals surface area contributed by atoms with Gasteiger partial charge in [-0.25, -0.2) is 9.07 Å². The van der Waals surface area contributed by atoms with E-state index in [1.54, 1.807) is 24.3 Å². The lowest BCUT2D eigenvalue weighted by molar-refractivity contribution is 0.407. The number of hydrogen-bond acceptors (Lipinski definition) is 4. The van der Waals surface area contributed by atoms with Crippen molar-refractivity contribution in [2.75, 3.05) is 0 Å². The maximum Gasteiger partial charge on any atom is 0.267 e. The Morgan fingerprint density at radius 3 is 2.75 bits per heavy atom. The molecule has 0 bridgehead atoms. The van der Waals surface area contributed by atoms with Gasteiger partial charge < -0.3 is 4.52 Å². The van der Waals surface area contributed by atoms with Crippen molar-refractivity contribution in [1.82, 2.24) is 14.9 Å². The second-order valence-electron chi connectivity index (χ2n) is 4.19. The molecule has 0 aliphatic carbocycles. The minimum absolute atomic E-state index is 0.178. The molecular formula is C14H10FN3O2. The minimum Gasteiger partial charge on any atom is -0.364 e. The van der Waals surface area contributed by atoms with Crippen molar-refractivity contribution in [2.45, 2.75) is 6.54 Å². The molecule has 0 saturated carbocycles. The number of rotatable bonds is 3. The summed E-state index contributed by atoms with van der Waals surface area (Å²) in [6, 6.07) is 10.8. The fraction of sp³-hybridized carbons (Fsp3) is 0.0714. The molecule has 0 aliphatic heterocycles. The first kappa shape index (κ1) is 12.3. The maximum absolute atomic E-state index is 13.7. The molecule has 0 amide bonds. The zero-order valence-electron chi connectivity index (χ0n) is 10.4. The van der Waals surface area contributed by atoms with Gasteiger partial charge in [0, 0.05) is 17.7 Å². The van der Waals surface area contributed by atoms with Crippen molar-refractivity contribution >= 4 is 0 Å². The smallest absolute Gasteiger partial charge is 0.267 e. The van der Waals surface area contributed by atoms with E-state index in [0.29, 0.717) is 17.0 Å². The van der Waals surface area contributed by atoms with Crippen molar-refractivity contribution in [3.63, 3.8) is 0 Å². The van der Waals surface area contributed by atoms with Crippen molar-refractivity contribution in [3.8, 4) is 11.3 Å². The van der Waals surface area contributed by atoms with Crippen LogP contribution in [0.15, 0.2) is 58.0 Å². The molecule has 0 radical (unpaired) electrons. The van der Waals surface area contributed by atoms with E-state index in [4.69, 9.17) is 4.52 Å². The molecule has 3 rings (SSSR count). The molecule has 0 saturated heterocycles. The van der Waals surface area contributed by atoms with Gasteiger partial charge in [0.1, 0.15) is 17.8 Å². The molecule has 2 heterocycles. The fourth-order valence-corrected chi connectivity index (χ4v) is 1.85. The summed E-state index contributed by atoms with van der Waals surface area (Å²) in [4.78, 5) is 11.8. The molecule has 1 aromatic carbocycles. The number of benzene rings is 1. The summed E-state index contributed by atoms with van der Waals surface area (Å²) in [5.74, 6) is -0.383. The maximum atomic E-state index is 13.7. The van der Waals surface area contributed by atoms with Gasteiger partial charge in [0.25, 0.3) is 5.56 Å². The predicted molar refractivity (Wildman–Crippen MR) is 69.5 cm³/mol. The Morgan fingerprint density at radius 2 is 2.00 bits per heavy atom. The number of nitrogens with zero attached hydrogens (tertiary/aromatic N) is 3. The summed E-state index contributed by atoms with van der Waals surface area (Å²) in [6.07, 6.45) is 1.42. The molecule has 3 aromatic rings. The summed E-state index contributed by atoms with van der Waals surface area (Å²) < 4.78 is 19.7. The summed E-state index contributed by atoms with van der Waals surface area (Å²) in [5, 5.41) is 7.88. The van der Waals surface area contributed by atoms with Gasteiger partial charge in [0.05, 0.1) is 12.2 Å². The van der Waals surface area contributed by atoms with Crippen molar-refractivity contribution in [3.05, 3.63) is 70.6 Å². The second-order valence-corrected chi connectivity index (χ2v) is 4.19. The summed E-state index contributed by atoms with van der Waals surface area (Å²) in [5.41, 5.74) is 1.03. The van der Waals surface area contributed by atoms with Crippen LogP contribution in [0.1, 0.15) is 5.69 Å². The van der Waals surface area contributed by atoms with Crippen LogP contribution < -0.4 is 5.56 Å². The number of halogens is 1. The third-order valence-electron chi connectivity index (χ3n) is 2.82. The van der Waals surface area contributed by atoms with E-state index in [1.165, 1.54) is 29.1 Å². The molecule has 20 heavy (non-hydrogen) atoms. The van der Waals surface area contributed by atoms with Crippen LogP contribution in [-0.4, -0.2) is 14.9 Å². The lowest BCUT2D eigenvalue weighted by Gasteiger charge is -2.06. The van der Waals surface area contributed by atoms with E-state index in [-0.39, 0.29) is 17.9 Å². The van der Waals surface area contributed by atoms with Gasteiger partial charge in [-0.05, 0) is 18.2 Å². The molecule has 5 nitrogen and oxygen atoms in total. The van der Waals surface area contributed by atoms with Gasteiger partial charge in [-0.15, -0.1) is 0 Å². The lowest BCUT2D eigenvalue weighted by atomic mass is 10.1. The van der Waals surface area contributed by atoms with Gasteiger partial charge in [-0.3, -0.25) is 4.79 Å². The fourth-order valence-electron chi connectivity index (χ4n) is 1.85. The topological polar surface area (TPSA) is 60.9 Å². The van der Waals surface area contributed by atoms with Gasteiger partial charge in [0.15, 0.2) is 0 Å². The van der Waals surface area contributed by atoms with Gasteiger partial charge in [-0.1, -0.05) is 17.3 Å². The van der Waals surface area contributed by atoms with Crippen LogP contribution in [0.25, 0.3) is 11.3 Å². The highest BCUT2D eigenvalue weighted by atomic mass is 19.1. The second kappa shape index (κ2) is 5.08. The van der Waals surface area contributed by atoms with Gasteiger partial charge >= 0.3 is 0 Å². The number of aromatic nitrogens is 3. The molecule has 2 aromatic heterocycles. The van der Waals surface area contributed by atoms with Crippen LogP contribution in [0.4, 0.5) is 4.39 Å². The van der Waals surface area contributed by atoms with E-state index in [1.807, 2.05) is 0 Å². The monoisotopic (exact) mass is 271 g/mol. The average Bonchev–Trinajstić information content (AvgIpc) is 2.95. The van der Waals surface area contributed by atoms with E-state index in [0.717, 1.165) is 0 Å². The molecule has 0 atom stereocenters. The van der Waals surface area contributed by atoms with Crippen LogP contribution >= 0.6 is 0 Å². The van der Waals surface area contributed by atoms with E-state index >= 15 is 0 Å². The molecular weight excluding hydrogens is 261 g/mol. The largest absolute Gasteiger partial charge is 0.364 e. The zero-order valence-corrected chi connectivity index (χ0v) is 10.4. The van der Waals surface area contributed by atoms with Crippen LogP contribution in [0.2, 0.25) is 0 Å². The van der Waals surface area contributed by atoms with Crippen LogP contribution in [0.5, 0.6) is 0 Å². The predicted octanol–water partition coefficient (Wildman–Crippen LogP) is 2.09. The highest BCUT2D eigenvalue weighted by Crippen LogP contribution is 2.18. The lowest BCUT2D eigenvalue weighted by Crippen LogP contribution is -2.23. The first-order valence-electron chi connectivity index (χ1n) is 5.96.